The number of aromatic nitrogens is 1. The third-order valence-corrected chi connectivity index (χ3v) is 3.65. The summed E-state index contributed by atoms with van der Waals surface area (Å²) in [5, 5.41) is 0. The average molecular weight is 327 g/mol. The van der Waals surface area contributed by atoms with Crippen molar-refractivity contribution in [1.82, 2.24) is 4.98 Å². The Hall–Kier alpha value is -1.49. The third kappa shape index (κ3) is 3.29. The van der Waals surface area contributed by atoms with Crippen LogP contribution in [0.4, 0.5) is 14.6 Å². The van der Waals surface area contributed by atoms with E-state index in [1.165, 1.54) is 6.07 Å². The summed E-state index contributed by atoms with van der Waals surface area (Å²) in [6, 6.07) is 7.17. The summed E-state index contributed by atoms with van der Waals surface area (Å²) in [5.41, 5.74) is 1.16. The number of rotatable bonds is 3. The molecule has 1 aromatic carbocycles. The van der Waals surface area contributed by atoms with Crippen molar-refractivity contribution in [3.63, 3.8) is 0 Å². The van der Waals surface area contributed by atoms with Gasteiger partial charge in [-0.1, -0.05) is 0 Å². The summed E-state index contributed by atoms with van der Waals surface area (Å²) >= 11 is 3.38. The smallest absolute Gasteiger partial charge is 0.128 e. The molecule has 0 unspecified atom stereocenters. The molecule has 19 heavy (non-hydrogen) atoms. The summed E-state index contributed by atoms with van der Waals surface area (Å²) in [7, 11) is 1.79. The van der Waals surface area contributed by atoms with E-state index in [2.05, 4.69) is 20.9 Å². The number of nitrogens with zero attached hydrogens (tertiary/aromatic N) is 2. The largest absolute Gasteiger partial charge is 0.355 e. The molecule has 0 saturated carbocycles. The second-order valence-corrected chi connectivity index (χ2v) is 5.18. The molecule has 0 aliphatic rings. The number of hydrogen-bond donors (Lipinski definition) is 0. The van der Waals surface area contributed by atoms with Gasteiger partial charge in [0.05, 0.1) is 5.69 Å². The Kier molecular flexibility index (Phi) is 4.14. The van der Waals surface area contributed by atoms with Gasteiger partial charge in [0.25, 0.3) is 0 Å². The normalized spacial score (nSPS) is 10.6. The van der Waals surface area contributed by atoms with Crippen LogP contribution in [0.5, 0.6) is 0 Å². The highest BCUT2D eigenvalue weighted by molar-refractivity contribution is 9.10. The highest BCUT2D eigenvalue weighted by atomic mass is 79.9. The minimum absolute atomic E-state index is 0.262. The highest BCUT2D eigenvalue weighted by Gasteiger charge is 2.09. The van der Waals surface area contributed by atoms with Crippen LogP contribution in [0.2, 0.25) is 0 Å². The Morgan fingerprint density at radius 1 is 1.21 bits per heavy atom. The van der Waals surface area contributed by atoms with Crippen molar-refractivity contribution in [3.05, 3.63) is 57.7 Å². The van der Waals surface area contributed by atoms with Crippen molar-refractivity contribution in [2.75, 3.05) is 11.9 Å². The SMILES string of the molecule is Cc1nc(N(C)Cc2cc(F)ccc2F)ccc1Br. The van der Waals surface area contributed by atoms with Crippen LogP contribution in [-0.4, -0.2) is 12.0 Å². The van der Waals surface area contributed by atoms with E-state index in [-0.39, 0.29) is 6.54 Å². The van der Waals surface area contributed by atoms with Gasteiger partial charge in [-0.3, -0.25) is 0 Å². The predicted octanol–water partition coefficient (Wildman–Crippen LogP) is 4.07. The molecule has 0 bridgehead atoms. The van der Waals surface area contributed by atoms with Crippen LogP contribution >= 0.6 is 15.9 Å². The zero-order chi connectivity index (χ0) is 14.0. The van der Waals surface area contributed by atoms with Gasteiger partial charge in [-0.05, 0) is 53.2 Å². The first-order valence-corrected chi connectivity index (χ1v) is 6.55. The van der Waals surface area contributed by atoms with Gasteiger partial charge in [0.1, 0.15) is 17.5 Å². The van der Waals surface area contributed by atoms with Crippen LogP contribution < -0.4 is 4.90 Å². The molecule has 0 fully saturated rings. The van der Waals surface area contributed by atoms with Gasteiger partial charge in [0.2, 0.25) is 0 Å². The number of benzene rings is 1. The molecular formula is C14H13BrF2N2. The molecule has 100 valence electrons. The monoisotopic (exact) mass is 326 g/mol. The van der Waals surface area contributed by atoms with Gasteiger partial charge in [-0.2, -0.15) is 0 Å². The van der Waals surface area contributed by atoms with Crippen molar-refractivity contribution < 1.29 is 8.78 Å². The van der Waals surface area contributed by atoms with Crippen LogP contribution in [0.3, 0.4) is 0 Å². The molecular weight excluding hydrogens is 314 g/mol. The predicted molar refractivity (Wildman–Crippen MR) is 75.1 cm³/mol. The van der Waals surface area contributed by atoms with E-state index in [1.807, 2.05) is 19.1 Å². The van der Waals surface area contributed by atoms with Crippen LogP contribution in [0.25, 0.3) is 0 Å². The third-order valence-electron chi connectivity index (χ3n) is 2.81. The molecule has 0 atom stereocenters. The van der Waals surface area contributed by atoms with E-state index in [9.17, 15) is 8.78 Å². The maximum Gasteiger partial charge on any atom is 0.128 e. The fraction of sp³-hybridized carbons (Fsp3) is 0.214. The maximum atomic E-state index is 13.6. The minimum atomic E-state index is -0.440. The summed E-state index contributed by atoms with van der Waals surface area (Å²) in [6.07, 6.45) is 0. The molecule has 2 aromatic rings. The van der Waals surface area contributed by atoms with E-state index in [1.54, 1.807) is 11.9 Å². The molecule has 1 aromatic heterocycles. The number of aryl methyl sites for hydroxylation is 1. The summed E-state index contributed by atoms with van der Waals surface area (Å²) in [4.78, 5) is 6.16. The molecule has 1 heterocycles. The standard InChI is InChI=1S/C14H13BrF2N2/c1-9-12(15)4-6-14(18-9)19(2)8-10-7-11(16)3-5-13(10)17/h3-7H,8H2,1-2H3. The highest BCUT2D eigenvalue weighted by Crippen LogP contribution is 2.20. The molecule has 5 heteroatoms. The van der Waals surface area contributed by atoms with Crippen molar-refractivity contribution in [2.24, 2.45) is 0 Å². The van der Waals surface area contributed by atoms with Gasteiger partial charge in [0.15, 0.2) is 0 Å². The molecule has 0 saturated heterocycles. The van der Waals surface area contributed by atoms with Crippen molar-refractivity contribution >= 4 is 21.7 Å². The summed E-state index contributed by atoms with van der Waals surface area (Å²) in [5.74, 6) is -0.142. The van der Waals surface area contributed by atoms with Crippen molar-refractivity contribution in [1.29, 1.82) is 0 Å². The van der Waals surface area contributed by atoms with Crippen molar-refractivity contribution in [3.8, 4) is 0 Å². The number of halogens is 3. The molecule has 2 nitrogen and oxygen atoms in total. The lowest BCUT2D eigenvalue weighted by Crippen LogP contribution is -2.19. The van der Waals surface area contributed by atoms with E-state index < -0.39 is 11.6 Å². The van der Waals surface area contributed by atoms with Crippen molar-refractivity contribution in [2.45, 2.75) is 13.5 Å². The first kappa shape index (κ1) is 13.9. The first-order valence-electron chi connectivity index (χ1n) is 5.75. The minimum Gasteiger partial charge on any atom is -0.355 e. The number of hydrogen-bond acceptors (Lipinski definition) is 2. The van der Waals surface area contributed by atoms with Crippen LogP contribution in [-0.2, 0) is 6.54 Å². The van der Waals surface area contributed by atoms with E-state index in [0.29, 0.717) is 11.4 Å². The van der Waals surface area contributed by atoms with Gasteiger partial charge >= 0.3 is 0 Å². The van der Waals surface area contributed by atoms with E-state index in [4.69, 9.17) is 0 Å². The van der Waals surface area contributed by atoms with Crippen LogP contribution in [0, 0.1) is 18.6 Å². The number of pyridine rings is 1. The summed E-state index contributed by atoms with van der Waals surface area (Å²) in [6.45, 7) is 2.14. The lowest BCUT2D eigenvalue weighted by atomic mass is 10.2. The molecule has 0 radical (unpaired) electrons. The zero-order valence-corrected chi connectivity index (χ0v) is 12.2. The fourth-order valence-electron chi connectivity index (χ4n) is 1.74. The molecule has 0 aliphatic heterocycles. The zero-order valence-electron chi connectivity index (χ0n) is 10.6. The van der Waals surface area contributed by atoms with Gasteiger partial charge < -0.3 is 4.90 Å². The topological polar surface area (TPSA) is 16.1 Å². The molecule has 0 amide bonds. The summed E-state index contributed by atoms with van der Waals surface area (Å²) < 4.78 is 27.6. The van der Waals surface area contributed by atoms with Gasteiger partial charge in [0, 0.05) is 23.6 Å². The Bertz CT molecular complexity index is 602. The van der Waals surface area contributed by atoms with E-state index in [0.717, 1.165) is 22.3 Å². The second kappa shape index (κ2) is 5.65. The Balaban J connectivity index is 2.22. The Morgan fingerprint density at radius 3 is 2.63 bits per heavy atom. The maximum absolute atomic E-state index is 13.6. The van der Waals surface area contributed by atoms with Gasteiger partial charge in [-0.25, -0.2) is 13.8 Å². The average Bonchev–Trinajstić information content (AvgIpc) is 2.37. The lowest BCUT2D eigenvalue weighted by Gasteiger charge is -2.19. The first-order chi connectivity index (χ1) is 8.97. The Morgan fingerprint density at radius 2 is 1.95 bits per heavy atom. The molecule has 0 aliphatic carbocycles. The number of anilines is 1. The van der Waals surface area contributed by atoms with E-state index >= 15 is 0 Å². The van der Waals surface area contributed by atoms with Gasteiger partial charge in [-0.15, -0.1) is 0 Å². The quantitative estimate of drug-likeness (QED) is 0.845. The second-order valence-electron chi connectivity index (χ2n) is 4.33. The molecule has 0 spiro atoms. The fourth-order valence-corrected chi connectivity index (χ4v) is 1.97. The Labute approximate surface area is 119 Å². The molecule has 0 N–H and O–H groups in total. The van der Waals surface area contributed by atoms with Crippen LogP contribution in [0.15, 0.2) is 34.8 Å². The lowest BCUT2D eigenvalue weighted by molar-refractivity contribution is 0.583. The van der Waals surface area contributed by atoms with Crippen LogP contribution in [0.1, 0.15) is 11.3 Å². The molecule has 2 rings (SSSR count).